The number of rotatable bonds is 8. The van der Waals surface area contributed by atoms with E-state index in [1.165, 1.54) is 19.3 Å². The molecule has 0 saturated heterocycles. The van der Waals surface area contributed by atoms with Gasteiger partial charge in [0.05, 0.1) is 29.8 Å². The molecule has 0 heterocycles. The third kappa shape index (κ3) is 6.06. The molecule has 33 heavy (non-hydrogen) atoms. The number of aryl methyl sites for hydroxylation is 1. The van der Waals surface area contributed by atoms with E-state index in [1.807, 2.05) is 0 Å². The fourth-order valence-corrected chi connectivity index (χ4v) is 4.61. The van der Waals surface area contributed by atoms with E-state index in [0.29, 0.717) is 28.3 Å². The van der Waals surface area contributed by atoms with Gasteiger partial charge in [0.25, 0.3) is 10.0 Å². The average Bonchev–Trinajstić information content (AvgIpc) is 2.80. The molecule has 0 atom stereocenters. The van der Waals surface area contributed by atoms with Crippen LogP contribution in [0.3, 0.4) is 0 Å². The fourth-order valence-electron chi connectivity index (χ4n) is 3.02. The van der Waals surface area contributed by atoms with Crippen LogP contribution in [0, 0.1) is 6.92 Å². The van der Waals surface area contributed by atoms with Crippen molar-refractivity contribution in [2.24, 2.45) is 0 Å². The number of hydrogen-bond acceptors (Lipinski definition) is 5. The second-order valence-electron chi connectivity index (χ2n) is 7.00. The molecule has 0 spiro atoms. The zero-order chi connectivity index (χ0) is 24.0. The van der Waals surface area contributed by atoms with Crippen molar-refractivity contribution in [3.05, 3.63) is 82.9 Å². The zero-order valence-corrected chi connectivity index (χ0v) is 19.8. The Hall–Kier alpha value is -3.49. The number of para-hydroxylation sites is 1. The van der Waals surface area contributed by atoms with E-state index < -0.39 is 15.9 Å². The van der Waals surface area contributed by atoms with Crippen molar-refractivity contribution in [1.82, 2.24) is 0 Å². The number of anilines is 2. The second-order valence-corrected chi connectivity index (χ2v) is 9.05. The predicted octanol–water partition coefficient (Wildman–Crippen LogP) is 5.12. The van der Waals surface area contributed by atoms with Crippen LogP contribution in [0.5, 0.6) is 11.5 Å². The van der Waals surface area contributed by atoms with Gasteiger partial charge in [-0.05, 0) is 55.0 Å². The molecule has 3 rings (SSSR count). The number of hydrogen-bond donors (Lipinski definition) is 2. The number of carbonyl (C=O) groups excluding carboxylic acids is 1. The summed E-state index contributed by atoms with van der Waals surface area (Å²) in [7, 11) is -0.850. The molecule has 9 heteroatoms. The van der Waals surface area contributed by atoms with Crippen LogP contribution in [0.25, 0.3) is 6.08 Å². The van der Waals surface area contributed by atoms with Gasteiger partial charge in [0, 0.05) is 23.4 Å². The largest absolute Gasteiger partial charge is 0.497 e. The van der Waals surface area contributed by atoms with E-state index in [2.05, 4.69) is 10.0 Å². The minimum Gasteiger partial charge on any atom is -0.497 e. The zero-order valence-electron chi connectivity index (χ0n) is 18.3. The smallest absolute Gasteiger partial charge is 0.262 e. The number of nitrogens with one attached hydrogen (secondary N) is 2. The Bertz CT molecular complexity index is 1310. The van der Waals surface area contributed by atoms with Crippen molar-refractivity contribution >= 4 is 45.0 Å². The van der Waals surface area contributed by atoms with Gasteiger partial charge < -0.3 is 14.8 Å². The highest BCUT2D eigenvalue weighted by Crippen LogP contribution is 2.28. The fraction of sp³-hybridized carbons (Fsp3) is 0.125. The number of benzene rings is 3. The van der Waals surface area contributed by atoms with Crippen molar-refractivity contribution in [1.29, 1.82) is 0 Å². The predicted molar refractivity (Wildman–Crippen MR) is 131 cm³/mol. The van der Waals surface area contributed by atoms with Crippen LogP contribution < -0.4 is 19.5 Å². The molecule has 0 saturated carbocycles. The molecule has 172 valence electrons. The van der Waals surface area contributed by atoms with Crippen molar-refractivity contribution in [3.63, 3.8) is 0 Å². The molecule has 0 fully saturated rings. The first-order valence-electron chi connectivity index (χ1n) is 9.82. The summed E-state index contributed by atoms with van der Waals surface area (Å²) in [6.07, 6.45) is 2.93. The number of carbonyl (C=O) groups is 1. The number of halogens is 1. The number of methoxy groups -OCH3 is 2. The SMILES string of the molecule is COc1ccc(C=CC(=O)Nc2ccc(C)c(S(=O)(=O)Nc3ccccc3Cl)c2)c(OC)c1. The third-order valence-electron chi connectivity index (χ3n) is 4.72. The molecular formula is C24H23ClN2O5S. The summed E-state index contributed by atoms with van der Waals surface area (Å²) in [5.41, 5.74) is 1.80. The number of ether oxygens (including phenoxy) is 2. The van der Waals surface area contributed by atoms with Crippen molar-refractivity contribution in [3.8, 4) is 11.5 Å². The maximum atomic E-state index is 12.9. The second kappa shape index (κ2) is 10.4. The molecule has 0 aliphatic carbocycles. The van der Waals surface area contributed by atoms with Crippen LogP contribution >= 0.6 is 11.6 Å². The van der Waals surface area contributed by atoms with Gasteiger partial charge in [-0.25, -0.2) is 8.42 Å². The van der Waals surface area contributed by atoms with Gasteiger partial charge in [-0.1, -0.05) is 29.8 Å². The Morgan fingerprint density at radius 3 is 2.45 bits per heavy atom. The van der Waals surface area contributed by atoms with Crippen LogP contribution in [0.15, 0.2) is 71.6 Å². The molecule has 0 radical (unpaired) electrons. The highest BCUT2D eigenvalue weighted by molar-refractivity contribution is 7.92. The monoisotopic (exact) mass is 486 g/mol. The van der Waals surface area contributed by atoms with E-state index in [9.17, 15) is 13.2 Å². The van der Waals surface area contributed by atoms with E-state index in [0.717, 1.165) is 0 Å². The maximum Gasteiger partial charge on any atom is 0.262 e. The summed E-state index contributed by atoms with van der Waals surface area (Å²) in [4.78, 5) is 12.5. The third-order valence-corrected chi connectivity index (χ3v) is 6.56. The summed E-state index contributed by atoms with van der Waals surface area (Å²) >= 11 is 6.07. The topological polar surface area (TPSA) is 93.7 Å². The van der Waals surface area contributed by atoms with Gasteiger partial charge in [-0.15, -0.1) is 0 Å². The maximum absolute atomic E-state index is 12.9. The lowest BCUT2D eigenvalue weighted by molar-refractivity contribution is -0.111. The van der Waals surface area contributed by atoms with E-state index in [4.69, 9.17) is 21.1 Å². The Labute approximate surface area is 198 Å². The summed E-state index contributed by atoms with van der Waals surface area (Å²) < 4.78 is 38.8. The lowest BCUT2D eigenvalue weighted by Gasteiger charge is -2.13. The lowest BCUT2D eigenvalue weighted by atomic mass is 10.1. The molecular weight excluding hydrogens is 464 g/mol. The first kappa shape index (κ1) is 24.2. The normalized spacial score (nSPS) is 11.3. The van der Waals surface area contributed by atoms with Crippen LogP contribution in [-0.2, 0) is 14.8 Å². The Balaban J connectivity index is 1.79. The summed E-state index contributed by atoms with van der Waals surface area (Å²) in [6, 6.07) is 16.4. The minimum absolute atomic E-state index is 0.0287. The standard InChI is InChI=1S/C24H23ClN2O5S/c1-16-8-11-18(14-23(16)33(29,30)27-21-7-5-4-6-20(21)25)26-24(28)13-10-17-9-12-19(31-2)15-22(17)32-3/h4-15,27H,1-3H3,(H,26,28). The molecule has 2 N–H and O–H groups in total. The molecule has 3 aromatic carbocycles. The molecule has 0 aliphatic rings. The molecule has 0 bridgehead atoms. The summed E-state index contributed by atoms with van der Waals surface area (Å²) in [5.74, 6) is 0.749. The van der Waals surface area contributed by atoms with Gasteiger partial charge in [-0.2, -0.15) is 0 Å². The van der Waals surface area contributed by atoms with Crippen LogP contribution in [0.2, 0.25) is 5.02 Å². The van der Waals surface area contributed by atoms with Crippen LogP contribution in [0.4, 0.5) is 11.4 Å². The number of sulfonamides is 1. The summed E-state index contributed by atoms with van der Waals surface area (Å²) in [5, 5.41) is 2.96. The Kier molecular flexibility index (Phi) is 7.63. The van der Waals surface area contributed by atoms with Gasteiger partial charge in [0.1, 0.15) is 11.5 Å². The van der Waals surface area contributed by atoms with Crippen molar-refractivity contribution in [2.45, 2.75) is 11.8 Å². The first-order chi connectivity index (χ1) is 15.7. The first-order valence-corrected chi connectivity index (χ1v) is 11.7. The molecule has 0 unspecified atom stereocenters. The van der Waals surface area contributed by atoms with Crippen molar-refractivity contribution < 1.29 is 22.7 Å². The molecule has 0 aromatic heterocycles. The molecule has 0 aliphatic heterocycles. The lowest BCUT2D eigenvalue weighted by Crippen LogP contribution is -2.15. The van der Waals surface area contributed by atoms with Gasteiger partial charge >= 0.3 is 0 Å². The van der Waals surface area contributed by atoms with E-state index in [-0.39, 0.29) is 15.6 Å². The van der Waals surface area contributed by atoms with Gasteiger partial charge in [0.2, 0.25) is 5.91 Å². The number of amides is 1. The molecule has 7 nitrogen and oxygen atoms in total. The highest BCUT2D eigenvalue weighted by atomic mass is 35.5. The minimum atomic E-state index is -3.93. The summed E-state index contributed by atoms with van der Waals surface area (Å²) in [6.45, 7) is 1.67. The Morgan fingerprint density at radius 2 is 1.76 bits per heavy atom. The van der Waals surface area contributed by atoms with Crippen LogP contribution in [-0.4, -0.2) is 28.5 Å². The molecule has 1 amide bonds. The van der Waals surface area contributed by atoms with Crippen LogP contribution in [0.1, 0.15) is 11.1 Å². The van der Waals surface area contributed by atoms with E-state index in [1.54, 1.807) is 74.7 Å². The van der Waals surface area contributed by atoms with E-state index >= 15 is 0 Å². The van der Waals surface area contributed by atoms with Crippen molar-refractivity contribution in [2.75, 3.05) is 24.3 Å². The average molecular weight is 487 g/mol. The highest BCUT2D eigenvalue weighted by Gasteiger charge is 2.19. The Morgan fingerprint density at radius 1 is 1.00 bits per heavy atom. The molecule has 3 aromatic rings. The van der Waals surface area contributed by atoms with Gasteiger partial charge in [0.15, 0.2) is 0 Å². The van der Waals surface area contributed by atoms with Gasteiger partial charge in [-0.3, -0.25) is 9.52 Å². The quantitative estimate of drug-likeness (QED) is 0.431.